The molecular formula is C31H29N3O3. The zero-order valence-corrected chi connectivity index (χ0v) is 21.2. The van der Waals surface area contributed by atoms with E-state index in [1.807, 2.05) is 75.4 Å². The van der Waals surface area contributed by atoms with Gasteiger partial charge in [-0.1, -0.05) is 65.7 Å². The second-order valence-corrected chi connectivity index (χ2v) is 11.1. The number of fused-ring (bicyclic) bond motifs is 7. The van der Waals surface area contributed by atoms with Gasteiger partial charge in [-0.3, -0.25) is 19.3 Å². The maximum absolute atomic E-state index is 14.6. The minimum Gasteiger partial charge on any atom is -0.325 e. The molecule has 0 aliphatic carbocycles. The molecule has 6 nitrogen and oxygen atoms in total. The Hall–Kier alpha value is -3.77. The topological polar surface area (TPSA) is 78.5 Å². The summed E-state index contributed by atoms with van der Waals surface area (Å²) in [6.07, 6.45) is 1.63. The minimum absolute atomic E-state index is 0.0775. The second kappa shape index (κ2) is 7.39. The first-order chi connectivity index (χ1) is 17.8. The monoisotopic (exact) mass is 491 g/mol. The van der Waals surface area contributed by atoms with Crippen LogP contribution in [0.5, 0.6) is 0 Å². The molecule has 0 saturated carbocycles. The van der Waals surface area contributed by atoms with Gasteiger partial charge in [0.15, 0.2) is 5.78 Å². The molecule has 0 unspecified atom stereocenters. The van der Waals surface area contributed by atoms with Crippen LogP contribution in [0.3, 0.4) is 0 Å². The number of rotatable bonds is 2. The van der Waals surface area contributed by atoms with Crippen LogP contribution < -0.4 is 10.6 Å². The van der Waals surface area contributed by atoms with Gasteiger partial charge in [0.05, 0.1) is 5.92 Å². The van der Waals surface area contributed by atoms with Crippen LogP contribution in [0.25, 0.3) is 0 Å². The van der Waals surface area contributed by atoms with E-state index in [1.165, 1.54) is 0 Å². The number of carbonyl (C=O) groups excluding carboxylic acids is 3. The lowest BCUT2D eigenvalue weighted by molar-refractivity contribution is -0.137. The van der Waals surface area contributed by atoms with Gasteiger partial charge >= 0.3 is 0 Å². The van der Waals surface area contributed by atoms with Gasteiger partial charge in [-0.05, 0) is 57.4 Å². The smallest absolute Gasteiger partial charge is 0.251 e. The number of amides is 2. The lowest BCUT2D eigenvalue weighted by Crippen LogP contribution is -2.62. The first-order valence-electron chi connectivity index (χ1n) is 13.0. The standard InChI is InChI=1S/C31H29N3O3/c1-17-10-12-20(13-11-17)27(35)25-24-9-6-14-34(24)31(22-16-18(2)15-19(3)26(22)33-29(31)37)30(25)21-7-4-5-8-23(21)32-28(30)36/h4-5,7-8,10-13,15-16,24-25H,6,9,14H2,1-3H3,(H,32,36)(H,33,37)/t24-,25+,30-,31-/m1/s1. The molecule has 0 radical (unpaired) electrons. The molecule has 4 heterocycles. The third-order valence-corrected chi connectivity index (χ3v) is 9.17. The highest BCUT2D eigenvalue weighted by Crippen LogP contribution is 2.68. The Labute approximate surface area is 216 Å². The van der Waals surface area contributed by atoms with Crippen LogP contribution in [0.2, 0.25) is 0 Å². The van der Waals surface area contributed by atoms with Crippen molar-refractivity contribution in [3.8, 4) is 0 Å². The molecule has 4 aliphatic rings. The summed E-state index contributed by atoms with van der Waals surface area (Å²) in [4.78, 5) is 45.8. The number of hydrogen-bond acceptors (Lipinski definition) is 4. The van der Waals surface area contributed by atoms with Crippen molar-refractivity contribution in [3.05, 3.63) is 94.0 Å². The summed E-state index contributed by atoms with van der Waals surface area (Å²) in [5.74, 6) is -1.27. The van der Waals surface area contributed by atoms with Gasteiger partial charge in [-0.2, -0.15) is 0 Å². The predicted molar refractivity (Wildman–Crippen MR) is 142 cm³/mol. The van der Waals surface area contributed by atoms with E-state index in [9.17, 15) is 14.4 Å². The van der Waals surface area contributed by atoms with Crippen molar-refractivity contribution in [1.29, 1.82) is 0 Å². The minimum atomic E-state index is -1.40. The first kappa shape index (κ1) is 22.4. The Morgan fingerprint density at radius 3 is 2.43 bits per heavy atom. The fourth-order valence-electron chi connectivity index (χ4n) is 7.93. The highest BCUT2D eigenvalue weighted by molar-refractivity contribution is 6.21. The van der Waals surface area contributed by atoms with Gasteiger partial charge in [0.2, 0.25) is 5.91 Å². The van der Waals surface area contributed by atoms with E-state index in [2.05, 4.69) is 21.6 Å². The zero-order valence-electron chi connectivity index (χ0n) is 21.2. The molecule has 6 heteroatoms. The Kier molecular flexibility index (Phi) is 4.48. The fraction of sp³-hybridized carbons (Fsp3) is 0.323. The van der Waals surface area contributed by atoms with E-state index in [-0.39, 0.29) is 23.6 Å². The lowest BCUT2D eigenvalue weighted by atomic mass is 9.57. The van der Waals surface area contributed by atoms with Crippen LogP contribution in [-0.4, -0.2) is 35.1 Å². The van der Waals surface area contributed by atoms with Crippen LogP contribution in [0, 0.1) is 26.7 Å². The number of carbonyl (C=O) groups is 3. The molecule has 4 atom stereocenters. The molecule has 3 aromatic rings. The van der Waals surface area contributed by atoms with Crippen molar-refractivity contribution in [2.24, 2.45) is 5.92 Å². The third-order valence-electron chi connectivity index (χ3n) is 9.17. The van der Waals surface area contributed by atoms with Gasteiger partial charge in [0.1, 0.15) is 11.0 Å². The van der Waals surface area contributed by atoms with E-state index in [4.69, 9.17) is 0 Å². The lowest BCUT2D eigenvalue weighted by Gasteiger charge is -2.43. The van der Waals surface area contributed by atoms with Crippen molar-refractivity contribution in [1.82, 2.24) is 4.90 Å². The summed E-state index contributed by atoms with van der Waals surface area (Å²) in [7, 11) is 0. The number of nitrogens with one attached hydrogen (secondary N) is 2. The van der Waals surface area contributed by atoms with Crippen molar-refractivity contribution in [2.45, 2.75) is 50.6 Å². The molecule has 37 heavy (non-hydrogen) atoms. The first-order valence-corrected chi connectivity index (χ1v) is 13.0. The number of hydrogen-bond donors (Lipinski definition) is 2. The van der Waals surface area contributed by atoms with Crippen LogP contribution in [0.15, 0.2) is 60.7 Å². The molecular weight excluding hydrogens is 462 g/mol. The molecule has 2 saturated heterocycles. The van der Waals surface area contributed by atoms with Crippen molar-refractivity contribution >= 4 is 29.0 Å². The quantitative estimate of drug-likeness (QED) is 0.513. The molecule has 0 aromatic heterocycles. The molecule has 0 bridgehead atoms. The van der Waals surface area contributed by atoms with E-state index in [0.29, 0.717) is 17.8 Å². The molecule has 2 spiro atoms. The number of anilines is 2. The predicted octanol–water partition coefficient (Wildman–Crippen LogP) is 4.63. The normalized spacial score (nSPS) is 29.4. The van der Waals surface area contributed by atoms with Gasteiger partial charge in [0, 0.05) is 28.5 Å². The van der Waals surface area contributed by atoms with E-state index in [0.717, 1.165) is 46.3 Å². The zero-order chi connectivity index (χ0) is 25.7. The maximum Gasteiger partial charge on any atom is 0.251 e. The number of para-hydroxylation sites is 1. The summed E-state index contributed by atoms with van der Waals surface area (Å²) in [6, 6.07) is 19.0. The highest BCUT2D eigenvalue weighted by Gasteiger charge is 2.81. The van der Waals surface area contributed by atoms with Crippen molar-refractivity contribution in [2.75, 3.05) is 17.2 Å². The molecule has 3 aromatic carbocycles. The average molecular weight is 492 g/mol. The maximum atomic E-state index is 14.6. The largest absolute Gasteiger partial charge is 0.325 e. The molecule has 2 amide bonds. The molecule has 2 N–H and O–H groups in total. The molecule has 2 fully saturated rings. The Morgan fingerprint density at radius 2 is 1.65 bits per heavy atom. The summed E-state index contributed by atoms with van der Waals surface area (Å²) in [5.41, 5.74) is 3.92. The van der Waals surface area contributed by atoms with Gasteiger partial charge in [0.25, 0.3) is 5.91 Å². The van der Waals surface area contributed by atoms with Crippen molar-refractivity contribution in [3.63, 3.8) is 0 Å². The summed E-state index contributed by atoms with van der Waals surface area (Å²) >= 11 is 0. The highest BCUT2D eigenvalue weighted by atomic mass is 16.2. The number of nitrogens with zero attached hydrogens (tertiary/aromatic N) is 1. The van der Waals surface area contributed by atoms with E-state index >= 15 is 0 Å². The fourth-order valence-corrected chi connectivity index (χ4v) is 7.93. The average Bonchev–Trinajstić information content (AvgIpc) is 3.59. The SMILES string of the molecule is Cc1ccc(C(=O)[C@@H]2[C@H]3CCCN3[C@]3(C(=O)Nc4c(C)cc(C)cc43)[C@@]23C(=O)Nc2ccccc23)cc1. The summed E-state index contributed by atoms with van der Waals surface area (Å²) in [6.45, 7) is 6.65. The Balaban J connectivity index is 1.60. The van der Waals surface area contributed by atoms with Crippen LogP contribution in [0.1, 0.15) is 51.0 Å². The van der Waals surface area contributed by atoms with E-state index < -0.39 is 16.9 Å². The molecule has 4 aliphatic heterocycles. The number of benzene rings is 3. The third kappa shape index (κ3) is 2.51. The van der Waals surface area contributed by atoms with Crippen LogP contribution >= 0.6 is 0 Å². The molecule has 186 valence electrons. The van der Waals surface area contributed by atoms with Crippen molar-refractivity contribution < 1.29 is 14.4 Å². The van der Waals surface area contributed by atoms with Gasteiger partial charge in [-0.15, -0.1) is 0 Å². The summed E-state index contributed by atoms with van der Waals surface area (Å²) < 4.78 is 0. The number of aryl methyl sites for hydroxylation is 3. The Morgan fingerprint density at radius 1 is 0.892 bits per heavy atom. The molecule has 7 rings (SSSR count). The second-order valence-electron chi connectivity index (χ2n) is 11.1. The summed E-state index contributed by atoms with van der Waals surface area (Å²) in [5, 5.41) is 6.27. The van der Waals surface area contributed by atoms with E-state index in [1.54, 1.807) is 0 Å². The Bertz CT molecular complexity index is 1530. The van der Waals surface area contributed by atoms with Gasteiger partial charge in [-0.25, -0.2) is 0 Å². The van der Waals surface area contributed by atoms with Gasteiger partial charge < -0.3 is 10.6 Å². The van der Waals surface area contributed by atoms with Crippen LogP contribution in [0.4, 0.5) is 11.4 Å². The number of Topliss-reactive ketones (excluding diaryl/α,β-unsaturated/α-hetero) is 1. The van der Waals surface area contributed by atoms with Crippen LogP contribution in [-0.2, 0) is 20.5 Å². The number of ketones is 1.